The fraction of sp³-hybridized carbons (Fsp3) is 0.533. The Kier molecular flexibility index (Phi) is 4.44. The van der Waals surface area contributed by atoms with Crippen molar-refractivity contribution in [3.63, 3.8) is 0 Å². The second-order valence-corrected chi connectivity index (χ2v) is 6.17. The minimum Gasteiger partial charge on any atom is -0.349 e. The molecule has 1 amide bonds. The molecule has 2 atom stereocenters. The molecule has 1 aromatic rings. The van der Waals surface area contributed by atoms with E-state index in [-0.39, 0.29) is 5.91 Å². The molecule has 1 aliphatic carbocycles. The number of hydrogen-bond acceptors (Lipinski definition) is 1. The molecule has 0 bridgehead atoms. The van der Waals surface area contributed by atoms with Crippen molar-refractivity contribution in [2.75, 3.05) is 0 Å². The molecule has 2 rings (SSSR count). The zero-order valence-electron chi connectivity index (χ0n) is 11.0. The van der Waals surface area contributed by atoms with E-state index in [2.05, 4.69) is 28.2 Å². The van der Waals surface area contributed by atoms with Gasteiger partial charge in [-0.05, 0) is 53.2 Å². The third-order valence-corrected chi connectivity index (χ3v) is 4.76. The summed E-state index contributed by atoms with van der Waals surface area (Å²) < 4.78 is 0.909. The van der Waals surface area contributed by atoms with Crippen LogP contribution in [0, 0.1) is 12.8 Å². The fourth-order valence-corrected chi connectivity index (χ4v) is 3.10. The highest BCUT2D eigenvalue weighted by atomic mass is 79.9. The first-order chi connectivity index (χ1) is 8.58. The molecule has 1 aromatic carbocycles. The van der Waals surface area contributed by atoms with Crippen LogP contribution in [0.5, 0.6) is 0 Å². The Balaban J connectivity index is 2.05. The number of nitrogens with one attached hydrogen (secondary N) is 1. The highest BCUT2D eigenvalue weighted by Gasteiger charge is 2.21. The highest BCUT2D eigenvalue weighted by molar-refractivity contribution is 9.10. The predicted octanol–water partition coefficient (Wildman–Crippen LogP) is 4.07. The van der Waals surface area contributed by atoms with Gasteiger partial charge in [-0.2, -0.15) is 0 Å². The van der Waals surface area contributed by atoms with E-state index in [4.69, 9.17) is 0 Å². The molecule has 1 aliphatic rings. The van der Waals surface area contributed by atoms with E-state index in [1.54, 1.807) is 0 Å². The van der Waals surface area contributed by atoms with Crippen molar-refractivity contribution in [3.05, 3.63) is 33.8 Å². The van der Waals surface area contributed by atoms with Gasteiger partial charge in [0.05, 0.1) is 5.56 Å². The normalized spacial score (nSPS) is 23.7. The molecular weight excluding hydrogens is 290 g/mol. The van der Waals surface area contributed by atoms with Crippen molar-refractivity contribution < 1.29 is 4.79 Å². The quantitative estimate of drug-likeness (QED) is 0.876. The van der Waals surface area contributed by atoms with E-state index in [1.165, 1.54) is 12.8 Å². The van der Waals surface area contributed by atoms with Crippen molar-refractivity contribution in [3.8, 4) is 0 Å². The molecule has 18 heavy (non-hydrogen) atoms. The highest BCUT2D eigenvalue weighted by Crippen LogP contribution is 2.25. The molecule has 2 unspecified atom stereocenters. The zero-order valence-corrected chi connectivity index (χ0v) is 12.6. The van der Waals surface area contributed by atoms with Crippen LogP contribution in [0.3, 0.4) is 0 Å². The Hall–Kier alpha value is -0.830. The van der Waals surface area contributed by atoms with Crippen LogP contribution in [0.1, 0.15) is 48.5 Å². The second kappa shape index (κ2) is 5.87. The van der Waals surface area contributed by atoms with Crippen LogP contribution < -0.4 is 5.32 Å². The summed E-state index contributed by atoms with van der Waals surface area (Å²) in [4.78, 5) is 12.3. The lowest BCUT2D eigenvalue weighted by Gasteiger charge is -2.27. The van der Waals surface area contributed by atoms with Crippen molar-refractivity contribution in [1.82, 2.24) is 5.32 Å². The van der Waals surface area contributed by atoms with E-state index >= 15 is 0 Å². The van der Waals surface area contributed by atoms with Gasteiger partial charge in [-0.15, -0.1) is 0 Å². The molecule has 0 aromatic heterocycles. The maximum absolute atomic E-state index is 12.3. The number of hydrogen-bond donors (Lipinski definition) is 1. The Morgan fingerprint density at radius 1 is 1.39 bits per heavy atom. The van der Waals surface area contributed by atoms with Gasteiger partial charge in [-0.3, -0.25) is 4.79 Å². The third-order valence-electron chi connectivity index (χ3n) is 3.71. The summed E-state index contributed by atoms with van der Waals surface area (Å²) in [6, 6.07) is 6.15. The Morgan fingerprint density at radius 3 is 2.89 bits per heavy atom. The number of rotatable bonds is 2. The van der Waals surface area contributed by atoms with Crippen LogP contribution in [0.15, 0.2) is 22.7 Å². The molecule has 0 radical (unpaired) electrons. The first-order valence-corrected chi connectivity index (χ1v) is 7.43. The minimum absolute atomic E-state index is 0.0460. The van der Waals surface area contributed by atoms with Gasteiger partial charge in [0, 0.05) is 10.5 Å². The van der Waals surface area contributed by atoms with Gasteiger partial charge in [0.25, 0.3) is 5.91 Å². The summed E-state index contributed by atoms with van der Waals surface area (Å²) in [5.74, 6) is 0.773. The van der Waals surface area contributed by atoms with Crippen LogP contribution in [0.4, 0.5) is 0 Å². The summed E-state index contributed by atoms with van der Waals surface area (Å²) in [6.45, 7) is 4.27. The number of benzene rings is 1. The fourth-order valence-electron chi connectivity index (χ4n) is 2.65. The molecule has 0 spiro atoms. The number of carbonyl (C=O) groups is 1. The standard InChI is InChI=1S/C15H20BrNO/c1-10-5-3-7-12(9-10)17-15(18)13-8-4-6-11(2)14(13)16/h4,6,8,10,12H,3,5,7,9H2,1-2H3,(H,17,18). The van der Waals surface area contributed by atoms with Gasteiger partial charge in [0.2, 0.25) is 0 Å². The summed E-state index contributed by atoms with van der Waals surface area (Å²) in [5.41, 5.74) is 1.84. The minimum atomic E-state index is 0.0460. The van der Waals surface area contributed by atoms with Crippen molar-refractivity contribution in [2.24, 2.45) is 5.92 Å². The maximum atomic E-state index is 12.3. The van der Waals surface area contributed by atoms with Crippen LogP contribution in [-0.4, -0.2) is 11.9 Å². The van der Waals surface area contributed by atoms with Crippen LogP contribution in [0.2, 0.25) is 0 Å². The topological polar surface area (TPSA) is 29.1 Å². The van der Waals surface area contributed by atoms with Gasteiger partial charge in [-0.25, -0.2) is 0 Å². The average Bonchev–Trinajstić information content (AvgIpc) is 2.32. The van der Waals surface area contributed by atoms with E-state index < -0.39 is 0 Å². The lowest BCUT2D eigenvalue weighted by molar-refractivity contribution is 0.0920. The van der Waals surface area contributed by atoms with Crippen molar-refractivity contribution >= 4 is 21.8 Å². The lowest BCUT2D eigenvalue weighted by atomic mass is 9.87. The maximum Gasteiger partial charge on any atom is 0.252 e. The van der Waals surface area contributed by atoms with Gasteiger partial charge >= 0.3 is 0 Å². The molecular formula is C15H20BrNO. The largest absolute Gasteiger partial charge is 0.349 e. The van der Waals surface area contributed by atoms with E-state index in [0.717, 1.165) is 34.4 Å². The van der Waals surface area contributed by atoms with Gasteiger partial charge in [0.15, 0.2) is 0 Å². The SMILES string of the molecule is Cc1cccc(C(=O)NC2CCCC(C)C2)c1Br. The number of aryl methyl sites for hydroxylation is 1. The first kappa shape index (κ1) is 13.6. The molecule has 1 fully saturated rings. The molecule has 3 heteroatoms. The smallest absolute Gasteiger partial charge is 0.252 e. The zero-order chi connectivity index (χ0) is 13.1. The summed E-state index contributed by atoms with van der Waals surface area (Å²) in [5, 5.41) is 3.16. The summed E-state index contributed by atoms with van der Waals surface area (Å²) in [7, 11) is 0. The molecule has 0 heterocycles. The van der Waals surface area contributed by atoms with E-state index in [1.807, 2.05) is 25.1 Å². The van der Waals surface area contributed by atoms with Gasteiger partial charge < -0.3 is 5.32 Å². The van der Waals surface area contributed by atoms with E-state index in [9.17, 15) is 4.79 Å². The average molecular weight is 310 g/mol. The van der Waals surface area contributed by atoms with Crippen molar-refractivity contribution in [2.45, 2.75) is 45.6 Å². The number of halogens is 1. The Labute approximate surface area is 117 Å². The molecule has 98 valence electrons. The van der Waals surface area contributed by atoms with Gasteiger partial charge in [-0.1, -0.05) is 31.9 Å². The Bertz CT molecular complexity index is 444. The summed E-state index contributed by atoms with van der Waals surface area (Å²) in [6.07, 6.45) is 4.73. The summed E-state index contributed by atoms with van der Waals surface area (Å²) >= 11 is 3.50. The molecule has 0 saturated heterocycles. The van der Waals surface area contributed by atoms with E-state index in [0.29, 0.717) is 6.04 Å². The van der Waals surface area contributed by atoms with Crippen molar-refractivity contribution in [1.29, 1.82) is 0 Å². The van der Waals surface area contributed by atoms with Crippen LogP contribution in [0.25, 0.3) is 0 Å². The first-order valence-electron chi connectivity index (χ1n) is 6.64. The predicted molar refractivity (Wildman–Crippen MR) is 77.8 cm³/mol. The monoisotopic (exact) mass is 309 g/mol. The van der Waals surface area contributed by atoms with Crippen LogP contribution >= 0.6 is 15.9 Å². The number of amides is 1. The molecule has 2 nitrogen and oxygen atoms in total. The lowest BCUT2D eigenvalue weighted by Crippen LogP contribution is -2.38. The number of carbonyl (C=O) groups excluding carboxylic acids is 1. The molecule has 1 saturated carbocycles. The Morgan fingerprint density at radius 2 is 2.17 bits per heavy atom. The third kappa shape index (κ3) is 3.14. The molecule has 1 N–H and O–H groups in total. The molecule has 0 aliphatic heterocycles. The van der Waals surface area contributed by atoms with Crippen LogP contribution in [-0.2, 0) is 0 Å². The second-order valence-electron chi connectivity index (χ2n) is 5.38. The van der Waals surface area contributed by atoms with Gasteiger partial charge in [0.1, 0.15) is 0 Å².